The molecule has 1 aliphatic heterocycles. The van der Waals surface area contributed by atoms with Gasteiger partial charge in [0.05, 0.1) is 6.61 Å². The summed E-state index contributed by atoms with van der Waals surface area (Å²) in [5, 5.41) is 0.634. The van der Waals surface area contributed by atoms with Crippen LogP contribution >= 0.6 is 11.6 Å². The Bertz CT molecular complexity index is 887. The summed E-state index contributed by atoms with van der Waals surface area (Å²) in [6, 6.07) is 9.09. The van der Waals surface area contributed by atoms with E-state index in [1.54, 1.807) is 12.1 Å². The highest BCUT2D eigenvalue weighted by atomic mass is 35.5. The second-order valence-electron chi connectivity index (χ2n) is 8.53. The first-order valence-electron chi connectivity index (χ1n) is 10.2. The average Bonchev–Trinajstić information content (AvgIpc) is 3.12. The van der Waals surface area contributed by atoms with Crippen LogP contribution in [0.2, 0.25) is 5.02 Å². The Kier molecular flexibility index (Phi) is 6.55. The largest absolute Gasteiger partial charge is 0.492 e. The van der Waals surface area contributed by atoms with Crippen LogP contribution in [0.3, 0.4) is 0 Å². The van der Waals surface area contributed by atoms with E-state index < -0.39 is 5.97 Å². The average molecular weight is 416 g/mol. The molecular formula is C24H30ClNO3. The van der Waals surface area contributed by atoms with Crippen molar-refractivity contribution in [1.82, 2.24) is 4.90 Å². The van der Waals surface area contributed by atoms with E-state index in [1.807, 2.05) is 25.1 Å². The van der Waals surface area contributed by atoms with Crippen LogP contribution in [-0.2, 0) is 13.1 Å². The van der Waals surface area contributed by atoms with Gasteiger partial charge in [0.1, 0.15) is 17.1 Å². The van der Waals surface area contributed by atoms with Gasteiger partial charge in [-0.15, -0.1) is 0 Å². The zero-order valence-corrected chi connectivity index (χ0v) is 18.7. The molecule has 0 fully saturated rings. The second kappa shape index (κ2) is 8.76. The summed E-state index contributed by atoms with van der Waals surface area (Å²) in [6.07, 6.45) is 1.94. The van der Waals surface area contributed by atoms with Gasteiger partial charge in [-0.3, -0.25) is 4.90 Å². The fraction of sp³-hybridized carbons (Fsp3) is 0.458. The molecule has 0 saturated heterocycles. The normalized spacial score (nSPS) is 14.0. The quantitative estimate of drug-likeness (QED) is 0.321. The molecule has 0 N–H and O–H groups in total. The fourth-order valence-corrected chi connectivity index (χ4v) is 3.81. The van der Waals surface area contributed by atoms with Gasteiger partial charge in [-0.2, -0.15) is 0 Å². The van der Waals surface area contributed by atoms with Gasteiger partial charge in [0, 0.05) is 29.2 Å². The van der Waals surface area contributed by atoms with Gasteiger partial charge in [-0.05, 0) is 57.4 Å². The van der Waals surface area contributed by atoms with E-state index in [0.29, 0.717) is 40.8 Å². The molecule has 0 spiro atoms. The zero-order valence-electron chi connectivity index (χ0n) is 18.0. The van der Waals surface area contributed by atoms with E-state index in [0.717, 1.165) is 30.5 Å². The number of rotatable bonds is 6. The van der Waals surface area contributed by atoms with Crippen LogP contribution in [0.1, 0.15) is 67.6 Å². The number of fused-ring (bicyclic) bond motifs is 1. The smallest absolute Gasteiger partial charge is 0.347 e. The lowest BCUT2D eigenvalue weighted by atomic mass is 9.98. The van der Waals surface area contributed by atoms with Gasteiger partial charge < -0.3 is 9.47 Å². The summed E-state index contributed by atoms with van der Waals surface area (Å²) in [5.41, 5.74) is 3.20. The van der Waals surface area contributed by atoms with Crippen LogP contribution < -0.4 is 9.47 Å². The molecule has 0 amide bonds. The number of unbranched alkanes of at least 4 members (excludes halogenated alkanes) is 1. The lowest BCUT2D eigenvalue weighted by molar-refractivity contribution is 0.0729. The maximum Gasteiger partial charge on any atom is 0.347 e. The predicted octanol–water partition coefficient (Wildman–Crippen LogP) is 6.16. The molecule has 4 nitrogen and oxygen atoms in total. The Morgan fingerprint density at radius 1 is 1.14 bits per heavy atom. The Hall–Kier alpha value is -2.04. The lowest BCUT2D eigenvalue weighted by Crippen LogP contribution is -2.36. The lowest BCUT2D eigenvalue weighted by Gasteiger charge is -2.31. The standard InChI is InChI=1S/C24H30ClNO3/c1-6-7-13-28-22-19-15-26(24(3,4)5)14-18(19)21(25)16(2)20(22)23(27)29-17-11-9-8-10-12-17/h8-12H,6-7,13-15H2,1-5H3. The van der Waals surface area contributed by atoms with Gasteiger partial charge in [-0.25, -0.2) is 4.79 Å². The predicted molar refractivity (Wildman–Crippen MR) is 117 cm³/mol. The Labute approximate surface area is 178 Å². The van der Waals surface area contributed by atoms with E-state index in [-0.39, 0.29) is 5.54 Å². The summed E-state index contributed by atoms with van der Waals surface area (Å²) < 4.78 is 11.8. The first kappa shape index (κ1) is 21.7. The van der Waals surface area contributed by atoms with Crippen LogP contribution in [0.5, 0.6) is 11.5 Å². The van der Waals surface area contributed by atoms with Gasteiger partial charge in [0.15, 0.2) is 0 Å². The van der Waals surface area contributed by atoms with Crippen molar-refractivity contribution in [3.63, 3.8) is 0 Å². The number of hydrogen-bond acceptors (Lipinski definition) is 4. The van der Waals surface area contributed by atoms with Crippen LogP contribution in [0.4, 0.5) is 0 Å². The van der Waals surface area contributed by atoms with Crippen LogP contribution in [0.15, 0.2) is 30.3 Å². The van der Waals surface area contributed by atoms with Crippen molar-refractivity contribution in [2.24, 2.45) is 0 Å². The van der Waals surface area contributed by atoms with E-state index in [2.05, 4.69) is 32.6 Å². The molecule has 156 valence electrons. The van der Waals surface area contributed by atoms with Crippen LogP contribution in [-0.4, -0.2) is 23.0 Å². The van der Waals surface area contributed by atoms with Gasteiger partial charge >= 0.3 is 5.97 Å². The van der Waals surface area contributed by atoms with E-state index in [4.69, 9.17) is 21.1 Å². The molecule has 0 radical (unpaired) electrons. The van der Waals surface area contributed by atoms with Gasteiger partial charge in [-0.1, -0.05) is 43.1 Å². The third-order valence-electron chi connectivity index (χ3n) is 5.38. The zero-order chi connectivity index (χ0) is 21.2. The Balaban J connectivity index is 2.05. The summed E-state index contributed by atoms with van der Waals surface area (Å²) >= 11 is 6.75. The SMILES string of the molecule is CCCCOc1c2c(c(Cl)c(C)c1C(=O)Oc1ccccc1)CN(C(C)(C)C)C2. The highest BCUT2D eigenvalue weighted by Crippen LogP contribution is 2.43. The van der Waals surface area contributed by atoms with Crippen molar-refractivity contribution in [3.8, 4) is 11.5 Å². The van der Waals surface area contributed by atoms with Crippen molar-refractivity contribution in [2.75, 3.05) is 6.61 Å². The highest BCUT2D eigenvalue weighted by molar-refractivity contribution is 6.33. The molecule has 0 bridgehead atoms. The maximum atomic E-state index is 13.1. The third kappa shape index (κ3) is 4.59. The molecule has 2 aromatic carbocycles. The molecule has 5 heteroatoms. The number of nitrogens with zero attached hydrogens (tertiary/aromatic N) is 1. The Morgan fingerprint density at radius 2 is 1.79 bits per heavy atom. The number of esters is 1. The van der Waals surface area contributed by atoms with E-state index in [9.17, 15) is 4.79 Å². The molecule has 0 aliphatic carbocycles. The molecule has 0 atom stereocenters. The van der Waals surface area contributed by atoms with E-state index in [1.165, 1.54) is 0 Å². The summed E-state index contributed by atoms with van der Waals surface area (Å²) in [5.74, 6) is 0.700. The minimum absolute atomic E-state index is 0.0122. The molecule has 0 aromatic heterocycles. The summed E-state index contributed by atoms with van der Waals surface area (Å²) in [6.45, 7) is 12.5. The minimum atomic E-state index is -0.431. The number of ether oxygens (including phenoxy) is 2. The van der Waals surface area contributed by atoms with Crippen molar-refractivity contribution in [1.29, 1.82) is 0 Å². The van der Waals surface area contributed by atoms with Crippen LogP contribution in [0, 0.1) is 6.92 Å². The molecule has 1 aliphatic rings. The number of benzene rings is 2. The topological polar surface area (TPSA) is 38.8 Å². The molecule has 29 heavy (non-hydrogen) atoms. The maximum absolute atomic E-state index is 13.1. The minimum Gasteiger partial charge on any atom is -0.492 e. The van der Waals surface area contributed by atoms with Gasteiger partial charge in [0.25, 0.3) is 0 Å². The monoisotopic (exact) mass is 415 g/mol. The van der Waals surface area contributed by atoms with Crippen LogP contribution in [0.25, 0.3) is 0 Å². The van der Waals surface area contributed by atoms with Gasteiger partial charge in [0.2, 0.25) is 0 Å². The molecule has 1 heterocycles. The molecule has 0 saturated carbocycles. The molecule has 3 rings (SSSR count). The number of para-hydroxylation sites is 1. The fourth-order valence-electron chi connectivity index (χ4n) is 3.54. The first-order valence-corrected chi connectivity index (χ1v) is 10.6. The van der Waals surface area contributed by atoms with Crippen molar-refractivity contribution >= 4 is 17.6 Å². The molecule has 0 unspecified atom stereocenters. The summed E-state index contributed by atoms with van der Waals surface area (Å²) in [7, 11) is 0. The van der Waals surface area contributed by atoms with Crippen molar-refractivity contribution in [3.05, 3.63) is 57.6 Å². The highest BCUT2D eigenvalue weighted by Gasteiger charge is 2.36. The Morgan fingerprint density at radius 3 is 2.41 bits per heavy atom. The number of carbonyl (C=O) groups excluding carboxylic acids is 1. The molecule has 2 aromatic rings. The first-order chi connectivity index (χ1) is 13.7. The van der Waals surface area contributed by atoms with Crippen molar-refractivity contribution < 1.29 is 14.3 Å². The number of carbonyl (C=O) groups is 1. The van der Waals surface area contributed by atoms with Crippen molar-refractivity contribution in [2.45, 2.75) is 66.1 Å². The number of halogens is 1. The summed E-state index contributed by atoms with van der Waals surface area (Å²) in [4.78, 5) is 15.5. The second-order valence-corrected chi connectivity index (χ2v) is 8.91. The molecular weight excluding hydrogens is 386 g/mol. The third-order valence-corrected chi connectivity index (χ3v) is 5.90. The number of hydrogen-bond donors (Lipinski definition) is 0. The van der Waals surface area contributed by atoms with E-state index >= 15 is 0 Å².